The van der Waals surface area contributed by atoms with Crippen LogP contribution in [0.25, 0.3) is 0 Å². The van der Waals surface area contributed by atoms with Crippen LogP contribution in [0.4, 0.5) is 17.5 Å². The number of ether oxygens (including phenoxy) is 2. The molecular weight excluding hydrogens is 455 g/mol. The second-order valence-corrected chi connectivity index (χ2v) is 8.84. The summed E-state index contributed by atoms with van der Waals surface area (Å²) in [6, 6.07) is 1.83. The number of anilines is 3. The molecule has 2 heterocycles. The van der Waals surface area contributed by atoms with Gasteiger partial charge >= 0.3 is 0 Å². The number of nitrogens with zero attached hydrogens (tertiary/aromatic N) is 4. The third-order valence-corrected chi connectivity index (χ3v) is 6.84. The van der Waals surface area contributed by atoms with E-state index in [-0.39, 0.29) is 22.1 Å². The van der Waals surface area contributed by atoms with Gasteiger partial charge in [-0.1, -0.05) is 36.0 Å². The molecule has 1 saturated carbocycles. The van der Waals surface area contributed by atoms with Crippen LogP contribution >= 0.6 is 23.2 Å². The first-order valence-electron chi connectivity index (χ1n) is 10.5. The maximum Gasteiger partial charge on any atom is 0.224 e. The van der Waals surface area contributed by atoms with E-state index < -0.39 is 6.35 Å². The molecule has 4 rings (SSSR count). The Morgan fingerprint density at radius 1 is 1.16 bits per heavy atom. The lowest BCUT2D eigenvalue weighted by Crippen LogP contribution is -2.51. The predicted octanol–water partition coefficient (Wildman–Crippen LogP) is 3.21. The van der Waals surface area contributed by atoms with Crippen molar-refractivity contribution in [1.82, 2.24) is 9.97 Å². The Morgan fingerprint density at radius 3 is 2.44 bits per heavy atom. The van der Waals surface area contributed by atoms with Crippen LogP contribution in [0.3, 0.4) is 0 Å². The average Bonchev–Trinajstić information content (AvgIpc) is 2.79. The van der Waals surface area contributed by atoms with Crippen molar-refractivity contribution in [2.45, 2.75) is 50.7 Å². The van der Waals surface area contributed by atoms with Crippen molar-refractivity contribution in [3.05, 3.63) is 27.9 Å². The molecule has 2 aliphatic rings. The molecule has 0 radical (unpaired) electrons. The van der Waals surface area contributed by atoms with Crippen molar-refractivity contribution >= 4 is 40.7 Å². The van der Waals surface area contributed by atoms with Crippen molar-refractivity contribution in [1.29, 1.82) is 0 Å². The number of nitrogens with two attached hydrogens (primary N) is 1. The van der Waals surface area contributed by atoms with Gasteiger partial charge in [-0.05, 0) is 12.8 Å². The Kier molecular flexibility index (Phi) is 6.71. The summed E-state index contributed by atoms with van der Waals surface area (Å²) in [5.41, 5.74) is 7.47. The van der Waals surface area contributed by atoms with Gasteiger partial charge in [0.05, 0.1) is 26.5 Å². The van der Waals surface area contributed by atoms with E-state index >= 15 is 0 Å². The fraction of sp³-hybridized carbons (Fsp3) is 0.524. The quantitative estimate of drug-likeness (QED) is 0.591. The Bertz CT molecular complexity index is 966. The van der Waals surface area contributed by atoms with Crippen LogP contribution in [0.2, 0.25) is 10.0 Å². The highest BCUT2D eigenvalue weighted by Gasteiger charge is 2.35. The minimum Gasteiger partial charge on any atom is -0.495 e. The lowest BCUT2D eigenvalue weighted by atomic mass is 9.91. The van der Waals surface area contributed by atoms with E-state index in [9.17, 15) is 5.11 Å². The molecule has 9 nitrogen and oxygen atoms in total. The zero-order valence-corrected chi connectivity index (χ0v) is 19.8. The van der Waals surface area contributed by atoms with Gasteiger partial charge in [0.1, 0.15) is 27.4 Å². The first-order chi connectivity index (χ1) is 15.3. The zero-order chi connectivity index (χ0) is 23.0. The van der Waals surface area contributed by atoms with E-state index in [2.05, 4.69) is 15.3 Å². The van der Waals surface area contributed by atoms with Crippen LogP contribution in [0.1, 0.15) is 31.2 Å². The van der Waals surface area contributed by atoms with E-state index in [4.69, 9.17) is 38.4 Å². The molecule has 3 unspecified atom stereocenters. The number of hydrogen-bond donors (Lipinski definition) is 3. The van der Waals surface area contributed by atoms with Crippen molar-refractivity contribution in [3.63, 3.8) is 0 Å². The highest BCUT2D eigenvalue weighted by molar-refractivity contribution is 6.41. The summed E-state index contributed by atoms with van der Waals surface area (Å²) in [5.74, 6) is 1.90. The van der Waals surface area contributed by atoms with E-state index in [1.54, 1.807) is 29.1 Å². The monoisotopic (exact) mass is 482 g/mol. The fourth-order valence-corrected chi connectivity index (χ4v) is 5.01. The highest BCUT2D eigenvalue weighted by atomic mass is 35.5. The minimum atomic E-state index is -1.08. The summed E-state index contributed by atoms with van der Waals surface area (Å²) >= 11 is 13.1. The topological polar surface area (TPSA) is 109 Å². The van der Waals surface area contributed by atoms with Gasteiger partial charge < -0.3 is 35.4 Å². The molecule has 1 aliphatic carbocycles. The minimum absolute atomic E-state index is 0.0783. The third-order valence-electron chi connectivity index (χ3n) is 6.11. The lowest BCUT2D eigenvalue weighted by Gasteiger charge is -2.42. The second kappa shape index (κ2) is 9.35. The predicted molar refractivity (Wildman–Crippen MR) is 126 cm³/mol. The molecule has 11 heteroatoms. The number of fused-ring (bicyclic) bond motifs is 1. The highest BCUT2D eigenvalue weighted by Crippen LogP contribution is 2.48. The molecule has 32 heavy (non-hydrogen) atoms. The Hall–Kier alpha value is -2.20. The number of aromatic nitrogens is 2. The summed E-state index contributed by atoms with van der Waals surface area (Å²) in [6.45, 7) is 0.291. The van der Waals surface area contributed by atoms with E-state index in [0.29, 0.717) is 35.5 Å². The SMILES string of the molecule is COc1cc(OC)c(Cl)c(N2Cc3cnc(NC4CCCCC4N)nc3N(C)C2O)c1Cl. The smallest absolute Gasteiger partial charge is 0.224 e. The van der Waals surface area contributed by atoms with Gasteiger partial charge in [0.15, 0.2) is 0 Å². The molecule has 1 aliphatic heterocycles. The molecule has 2 aromatic rings. The molecule has 1 aromatic carbocycles. The summed E-state index contributed by atoms with van der Waals surface area (Å²) in [4.78, 5) is 12.5. The van der Waals surface area contributed by atoms with Crippen LogP contribution in [-0.2, 0) is 6.54 Å². The van der Waals surface area contributed by atoms with Crippen molar-refractivity contribution in [2.75, 3.05) is 36.4 Å². The molecule has 174 valence electrons. The average molecular weight is 483 g/mol. The summed E-state index contributed by atoms with van der Waals surface area (Å²) in [7, 11) is 4.76. The normalized spacial score (nSPS) is 23.0. The van der Waals surface area contributed by atoms with Gasteiger partial charge in [-0.15, -0.1) is 0 Å². The van der Waals surface area contributed by atoms with Crippen molar-refractivity contribution in [3.8, 4) is 11.5 Å². The molecule has 4 N–H and O–H groups in total. The second-order valence-electron chi connectivity index (χ2n) is 8.08. The maximum absolute atomic E-state index is 11.1. The summed E-state index contributed by atoms with van der Waals surface area (Å²) in [5, 5.41) is 15.0. The van der Waals surface area contributed by atoms with E-state index in [1.165, 1.54) is 14.2 Å². The van der Waals surface area contributed by atoms with E-state index in [0.717, 1.165) is 31.2 Å². The number of hydrogen-bond acceptors (Lipinski definition) is 9. The van der Waals surface area contributed by atoms with Gasteiger partial charge in [0.2, 0.25) is 12.3 Å². The van der Waals surface area contributed by atoms with Gasteiger partial charge in [-0.3, -0.25) is 0 Å². The van der Waals surface area contributed by atoms with Crippen LogP contribution in [0.15, 0.2) is 12.3 Å². The first kappa shape index (κ1) is 23.0. The van der Waals surface area contributed by atoms with Gasteiger partial charge in [0, 0.05) is 37.0 Å². The third kappa shape index (κ3) is 4.10. The number of rotatable bonds is 5. The number of aliphatic hydroxyl groups is 1. The van der Waals surface area contributed by atoms with Crippen molar-refractivity contribution < 1.29 is 14.6 Å². The molecule has 0 saturated heterocycles. The lowest BCUT2D eigenvalue weighted by molar-refractivity contribution is 0.160. The van der Waals surface area contributed by atoms with Crippen molar-refractivity contribution in [2.24, 2.45) is 5.73 Å². The first-order valence-corrected chi connectivity index (χ1v) is 11.3. The van der Waals surface area contributed by atoms with E-state index in [1.807, 2.05) is 0 Å². The van der Waals surface area contributed by atoms with Gasteiger partial charge in [-0.25, -0.2) is 4.98 Å². The largest absolute Gasteiger partial charge is 0.495 e. The Balaban J connectivity index is 1.66. The van der Waals surface area contributed by atoms with Crippen LogP contribution < -0.4 is 30.3 Å². The standard InChI is InChI=1S/C21H28Cl2N6O3/c1-28-19-11(9-25-20(27-19)26-13-7-5-4-6-12(13)24)10-29(21(28)30)18-16(22)14(31-2)8-15(32-3)17(18)23/h8-9,12-13,21,30H,4-7,10,24H2,1-3H3,(H,25,26,27). The maximum atomic E-state index is 11.1. The van der Waals surface area contributed by atoms with Crippen LogP contribution in [0.5, 0.6) is 11.5 Å². The fourth-order valence-electron chi connectivity index (χ4n) is 4.29. The number of methoxy groups -OCH3 is 2. The number of benzene rings is 1. The molecule has 1 fully saturated rings. The summed E-state index contributed by atoms with van der Waals surface area (Å²) in [6.07, 6.45) is 4.93. The number of halogens is 2. The number of nitrogens with one attached hydrogen (secondary N) is 1. The zero-order valence-electron chi connectivity index (χ0n) is 18.3. The molecule has 0 bridgehead atoms. The summed E-state index contributed by atoms with van der Waals surface area (Å²) < 4.78 is 10.7. The Morgan fingerprint density at radius 2 is 1.81 bits per heavy atom. The van der Waals surface area contributed by atoms with Crippen LogP contribution in [-0.4, -0.2) is 54.8 Å². The molecule has 1 aromatic heterocycles. The molecule has 0 amide bonds. The van der Waals surface area contributed by atoms with Crippen LogP contribution in [0, 0.1) is 0 Å². The molecule has 0 spiro atoms. The number of aliphatic hydroxyl groups excluding tert-OH is 1. The Labute approximate surface area is 197 Å². The van der Waals surface area contributed by atoms with Gasteiger partial charge in [0.25, 0.3) is 0 Å². The molecular formula is C21H28Cl2N6O3. The van der Waals surface area contributed by atoms with Gasteiger partial charge in [-0.2, -0.15) is 4.98 Å². The molecule has 3 atom stereocenters.